The minimum absolute atomic E-state index is 0.613. The van der Waals surface area contributed by atoms with E-state index in [1.54, 1.807) is 0 Å². The van der Waals surface area contributed by atoms with Crippen molar-refractivity contribution in [2.75, 3.05) is 20.3 Å². The molecule has 1 saturated heterocycles. The third-order valence-electron chi connectivity index (χ3n) is 3.69. The van der Waals surface area contributed by atoms with Crippen LogP contribution in [0.25, 0.3) is 0 Å². The number of hydrogen-bond acceptors (Lipinski definition) is 3. The lowest BCUT2D eigenvalue weighted by atomic mass is 9.89. The molecule has 96 valence electrons. The molecule has 0 bridgehead atoms. The first-order chi connectivity index (χ1) is 8.33. The van der Waals surface area contributed by atoms with E-state index in [9.17, 15) is 0 Å². The molecule has 1 fully saturated rings. The second kappa shape index (κ2) is 6.53. The first-order valence-corrected chi connectivity index (χ1v) is 7.47. The van der Waals surface area contributed by atoms with Gasteiger partial charge in [0.1, 0.15) is 0 Å². The van der Waals surface area contributed by atoms with Crippen LogP contribution in [0.2, 0.25) is 0 Å². The largest absolute Gasteiger partial charge is 0.381 e. The average Bonchev–Trinajstić information content (AvgIpc) is 2.84. The van der Waals surface area contributed by atoms with Gasteiger partial charge < -0.3 is 10.1 Å². The van der Waals surface area contributed by atoms with Crippen LogP contribution < -0.4 is 5.32 Å². The fraction of sp³-hybridized carbons (Fsp3) is 0.714. The number of nitrogens with one attached hydrogen (secondary N) is 1. The molecule has 2 nitrogen and oxygen atoms in total. The zero-order valence-corrected chi connectivity index (χ0v) is 11.7. The molecule has 1 unspecified atom stereocenters. The fourth-order valence-electron chi connectivity index (χ4n) is 2.56. The molecule has 0 saturated carbocycles. The van der Waals surface area contributed by atoms with Crippen molar-refractivity contribution in [2.24, 2.45) is 5.92 Å². The van der Waals surface area contributed by atoms with Gasteiger partial charge in [0.15, 0.2) is 0 Å². The molecular formula is C14H23NOS. The lowest BCUT2D eigenvalue weighted by molar-refractivity contribution is 0.0548. The summed E-state index contributed by atoms with van der Waals surface area (Å²) in [5.41, 5.74) is 0. The lowest BCUT2D eigenvalue weighted by Gasteiger charge is -2.29. The molecule has 0 spiro atoms. The topological polar surface area (TPSA) is 21.3 Å². The predicted octanol–water partition coefficient (Wildman–Crippen LogP) is 2.87. The highest BCUT2D eigenvalue weighted by Crippen LogP contribution is 2.24. The molecule has 0 aliphatic carbocycles. The van der Waals surface area contributed by atoms with E-state index in [2.05, 4.69) is 31.4 Å². The Morgan fingerprint density at radius 2 is 2.06 bits per heavy atom. The van der Waals surface area contributed by atoms with Crippen molar-refractivity contribution >= 4 is 11.3 Å². The summed E-state index contributed by atoms with van der Waals surface area (Å²) in [7, 11) is 2.09. The summed E-state index contributed by atoms with van der Waals surface area (Å²) in [4.78, 5) is 3.02. The van der Waals surface area contributed by atoms with Crippen LogP contribution in [0.5, 0.6) is 0 Å². The standard InChI is InChI=1S/C14H23NOS/c1-3-12-4-5-13(17-12)10-14(15-2)11-6-8-16-9-7-11/h4-5,11,14-15H,3,6-10H2,1-2H3. The van der Waals surface area contributed by atoms with E-state index < -0.39 is 0 Å². The van der Waals surface area contributed by atoms with E-state index in [-0.39, 0.29) is 0 Å². The van der Waals surface area contributed by atoms with Gasteiger partial charge in [-0.15, -0.1) is 11.3 Å². The third-order valence-corrected chi connectivity index (χ3v) is 4.94. The molecule has 1 aromatic rings. The number of rotatable bonds is 5. The fourth-order valence-corrected chi connectivity index (χ4v) is 3.58. The summed E-state index contributed by atoms with van der Waals surface area (Å²) in [5, 5.41) is 3.50. The van der Waals surface area contributed by atoms with Gasteiger partial charge in [-0.1, -0.05) is 6.92 Å². The van der Waals surface area contributed by atoms with Gasteiger partial charge in [0.05, 0.1) is 0 Å². The van der Waals surface area contributed by atoms with Gasteiger partial charge >= 0.3 is 0 Å². The summed E-state index contributed by atoms with van der Waals surface area (Å²) in [5.74, 6) is 0.779. The summed E-state index contributed by atoms with van der Waals surface area (Å²) in [6.45, 7) is 4.10. The molecule has 1 aliphatic rings. The third kappa shape index (κ3) is 3.54. The molecule has 0 aromatic carbocycles. The number of likely N-dealkylation sites (N-methyl/N-ethyl adjacent to an activating group) is 1. The number of aryl methyl sites for hydroxylation is 1. The Morgan fingerprint density at radius 1 is 1.35 bits per heavy atom. The maximum Gasteiger partial charge on any atom is 0.0469 e. The Morgan fingerprint density at radius 3 is 2.65 bits per heavy atom. The predicted molar refractivity (Wildman–Crippen MR) is 73.8 cm³/mol. The van der Waals surface area contributed by atoms with Crippen molar-refractivity contribution in [3.05, 3.63) is 21.9 Å². The van der Waals surface area contributed by atoms with Crippen LogP contribution in [0.3, 0.4) is 0 Å². The summed E-state index contributed by atoms with van der Waals surface area (Å²) in [6, 6.07) is 5.19. The van der Waals surface area contributed by atoms with Gasteiger partial charge in [0.2, 0.25) is 0 Å². The minimum Gasteiger partial charge on any atom is -0.381 e. The normalized spacial score (nSPS) is 19.4. The molecule has 2 heterocycles. The van der Waals surface area contributed by atoms with Gasteiger partial charge in [-0.2, -0.15) is 0 Å². The average molecular weight is 253 g/mol. The monoisotopic (exact) mass is 253 g/mol. The molecule has 1 atom stereocenters. The Labute approximate surface area is 108 Å². The van der Waals surface area contributed by atoms with Gasteiger partial charge in [0, 0.05) is 29.0 Å². The van der Waals surface area contributed by atoms with Crippen molar-refractivity contribution in [1.82, 2.24) is 5.32 Å². The molecule has 1 aromatic heterocycles. The van der Waals surface area contributed by atoms with Crippen LogP contribution in [-0.4, -0.2) is 26.3 Å². The van der Waals surface area contributed by atoms with Gasteiger partial charge in [0.25, 0.3) is 0 Å². The Bertz CT molecular complexity index is 331. The first kappa shape index (κ1) is 13.1. The van der Waals surface area contributed by atoms with E-state index >= 15 is 0 Å². The molecule has 17 heavy (non-hydrogen) atoms. The Balaban J connectivity index is 1.93. The highest BCUT2D eigenvalue weighted by atomic mass is 32.1. The van der Waals surface area contributed by atoms with Crippen molar-refractivity contribution < 1.29 is 4.74 Å². The molecule has 0 amide bonds. The van der Waals surface area contributed by atoms with Crippen LogP contribution in [0.15, 0.2) is 12.1 Å². The Hall–Kier alpha value is -0.380. The molecule has 0 radical (unpaired) electrons. The van der Waals surface area contributed by atoms with Crippen molar-refractivity contribution in [3.8, 4) is 0 Å². The molecule has 1 N–H and O–H groups in total. The van der Waals surface area contributed by atoms with Crippen LogP contribution >= 0.6 is 11.3 Å². The molecule has 3 heteroatoms. The maximum absolute atomic E-state index is 5.44. The number of hydrogen-bond donors (Lipinski definition) is 1. The minimum atomic E-state index is 0.613. The summed E-state index contributed by atoms with van der Waals surface area (Å²) in [6.07, 6.45) is 4.74. The van der Waals surface area contributed by atoms with Gasteiger partial charge in [-0.05, 0) is 50.8 Å². The van der Waals surface area contributed by atoms with Crippen LogP contribution in [-0.2, 0) is 17.6 Å². The van der Waals surface area contributed by atoms with Crippen molar-refractivity contribution in [1.29, 1.82) is 0 Å². The van der Waals surface area contributed by atoms with Crippen LogP contribution in [0, 0.1) is 5.92 Å². The molecular weight excluding hydrogens is 230 g/mol. The highest BCUT2D eigenvalue weighted by molar-refractivity contribution is 7.11. The lowest BCUT2D eigenvalue weighted by Crippen LogP contribution is -2.38. The summed E-state index contributed by atoms with van der Waals surface area (Å²) >= 11 is 1.97. The van der Waals surface area contributed by atoms with Gasteiger partial charge in [-0.25, -0.2) is 0 Å². The first-order valence-electron chi connectivity index (χ1n) is 6.66. The van der Waals surface area contributed by atoms with E-state index in [1.165, 1.54) is 29.0 Å². The SMILES string of the molecule is CCc1ccc(CC(NC)C2CCOCC2)s1. The number of ether oxygens (including phenoxy) is 1. The quantitative estimate of drug-likeness (QED) is 0.871. The highest BCUT2D eigenvalue weighted by Gasteiger charge is 2.23. The zero-order valence-electron chi connectivity index (χ0n) is 10.9. The van der Waals surface area contributed by atoms with Crippen LogP contribution in [0.4, 0.5) is 0 Å². The van der Waals surface area contributed by atoms with E-state index in [1.807, 2.05) is 11.3 Å². The van der Waals surface area contributed by atoms with E-state index in [4.69, 9.17) is 4.74 Å². The second-order valence-electron chi connectivity index (χ2n) is 4.77. The van der Waals surface area contributed by atoms with Gasteiger partial charge in [-0.3, -0.25) is 0 Å². The number of thiophene rings is 1. The van der Waals surface area contributed by atoms with Crippen molar-refractivity contribution in [3.63, 3.8) is 0 Å². The summed E-state index contributed by atoms with van der Waals surface area (Å²) < 4.78 is 5.44. The second-order valence-corrected chi connectivity index (χ2v) is 6.02. The smallest absolute Gasteiger partial charge is 0.0469 e. The van der Waals surface area contributed by atoms with E-state index in [0.29, 0.717) is 6.04 Å². The van der Waals surface area contributed by atoms with Crippen LogP contribution in [0.1, 0.15) is 29.5 Å². The zero-order chi connectivity index (χ0) is 12.1. The van der Waals surface area contributed by atoms with Crippen molar-refractivity contribution in [2.45, 2.75) is 38.6 Å². The Kier molecular flexibility index (Phi) is 5.01. The maximum atomic E-state index is 5.44. The molecule has 2 rings (SSSR count). The molecule has 1 aliphatic heterocycles. The van der Waals surface area contributed by atoms with E-state index in [0.717, 1.165) is 25.6 Å².